The van der Waals surface area contributed by atoms with E-state index in [-0.39, 0.29) is 5.56 Å². The molecule has 1 aromatic carbocycles. The molecule has 4 nitrogen and oxygen atoms in total. The van der Waals surface area contributed by atoms with Crippen LogP contribution in [0.4, 0.5) is 5.69 Å². The lowest BCUT2D eigenvalue weighted by Gasteiger charge is -2.18. The minimum Gasteiger partial charge on any atom is -0.372 e. The lowest BCUT2D eigenvalue weighted by molar-refractivity contribution is 0.704. The van der Waals surface area contributed by atoms with Gasteiger partial charge in [-0.25, -0.2) is 0 Å². The Morgan fingerprint density at radius 1 is 1.32 bits per heavy atom. The first-order valence-corrected chi connectivity index (χ1v) is 7.13. The molecule has 1 aliphatic rings. The highest BCUT2D eigenvalue weighted by atomic mass is 32.1. The molecule has 0 radical (unpaired) electrons. The van der Waals surface area contributed by atoms with E-state index in [0.29, 0.717) is 11.3 Å². The van der Waals surface area contributed by atoms with Crippen molar-refractivity contribution in [2.24, 2.45) is 0 Å². The SMILES string of the molecule is CCn1c(=S)[nH]c2ccc(N3CCCC3)cc2c1=O. The first kappa shape index (κ1) is 12.4. The molecule has 0 aliphatic carbocycles. The maximum absolute atomic E-state index is 12.4. The third-order valence-corrected chi connectivity index (χ3v) is 4.08. The number of hydrogen-bond acceptors (Lipinski definition) is 3. The predicted octanol–water partition coefficient (Wildman–Crippen LogP) is 2.68. The van der Waals surface area contributed by atoms with E-state index < -0.39 is 0 Å². The zero-order valence-electron chi connectivity index (χ0n) is 11.0. The topological polar surface area (TPSA) is 41.0 Å². The molecule has 1 aromatic heterocycles. The number of fused-ring (bicyclic) bond motifs is 1. The molecule has 2 aromatic rings. The van der Waals surface area contributed by atoms with E-state index in [0.717, 1.165) is 29.7 Å². The van der Waals surface area contributed by atoms with E-state index in [9.17, 15) is 4.79 Å². The molecule has 0 spiro atoms. The average Bonchev–Trinajstić information content (AvgIpc) is 2.93. The first-order chi connectivity index (χ1) is 9.20. The van der Waals surface area contributed by atoms with Gasteiger partial charge in [-0.15, -0.1) is 0 Å². The fourth-order valence-electron chi connectivity index (χ4n) is 2.70. The Labute approximate surface area is 116 Å². The maximum atomic E-state index is 12.4. The van der Waals surface area contributed by atoms with Gasteiger partial charge in [0.05, 0.1) is 10.9 Å². The Bertz CT molecular complexity index is 726. The van der Waals surface area contributed by atoms with Crippen LogP contribution in [0.25, 0.3) is 10.9 Å². The molecule has 0 unspecified atom stereocenters. The second kappa shape index (κ2) is 4.81. The monoisotopic (exact) mass is 275 g/mol. The summed E-state index contributed by atoms with van der Waals surface area (Å²) in [4.78, 5) is 17.9. The van der Waals surface area contributed by atoms with Gasteiger partial charge >= 0.3 is 0 Å². The van der Waals surface area contributed by atoms with Crippen molar-refractivity contribution in [3.63, 3.8) is 0 Å². The Morgan fingerprint density at radius 2 is 2.05 bits per heavy atom. The van der Waals surface area contributed by atoms with Gasteiger partial charge in [0.2, 0.25) is 0 Å². The fourth-order valence-corrected chi connectivity index (χ4v) is 3.02. The van der Waals surface area contributed by atoms with E-state index >= 15 is 0 Å². The Balaban J connectivity index is 2.21. The van der Waals surface area contributed by atoms with Gasteiger partial charge in [-0.3, -0.25) is 9.36 Å². The standard InChI is InChI=1S/C14H17N3OS/c1-2-17-13(18)11-9-10(16-7-3-4-8-16)5-6-12(11)15-14(17)19/h5-6,9H,2-4,7-8H2,1H3,(H,15,19). The average molecular weight is 275 g/mol. The minimum absolute atomic E-state index is 0.00213. The molecule has 100 valence electrons. The molecule has 1 N–H and O–H groups in total. The number of nitrogens with zero attached hydrogens (tertiary/aromatic N) is 2. The number of benzene rings is 1. The van der Waals surface area contributed by atoms with Crippen molar-refractivity contribution >= 4 is 28.8 Å². The van der Waals surface area contributed by atoms with Crippen molar-refractivity contribution in [3.8, 4) is 0 Å². The molecule has 0 atom stereocenters. The van der Waals surface area contributed by atoms with Crippen molar-refractivity contribution < 1.29 is 0 Å². The van der Waals surface area contributed by atoms with Crippen molar-refractivity contribution in [2.45, 2.75) is 26.3 Å². The predicted molar refractivity (Wildman–Crippen MR) is 80.5 cm³/mol. The van der Waals surface area contributed by atoms with Crippen molar-refractivity contribution in [2.75, 3.05) is 18.0 Å². The highest BCUT2D eigenvalue weighted by Gasteiger charge is 2.13. The lowest BCUT2D eigenvalue weighted by Crippen LogP contribution is -2.22. The second-order valence-electron chi connectivity index (χ2n) is 4.90. The fraction of sp³-hybridized carbons (Fsp3) is 0.429. The van der Waals surface area contributed by atoms with E-state index in [4.69, 9.17) is 12.2 Å². The van der Waals surface area contributed by atoms with Gasteiger partial charge in [0, 0.05) is 25.3 Å². The molecule has 19 heavy (non-hydrogen) atoms. The van der Waals surface area contributed by atoms with E-state index in [1.165, 1.54) is 12.8 Å². The maximum Gasteiger partial charge on any atom is 0.262 e. The van der Waals surface area contributed by atoms with Crippen LogP contribution in [0.15, 0.2) is 23.0 Å². The van der Waals surface area contributed by atoms with Gasteiger partial charge in [-0.05, 0) is 50.2 Å². The Morgan fingerprint density at radius 3 is 2.74 bits per heavy atom. The van der Waals surface area contributed by atoms with Gasteiger partial charge in [0.15, 0.2) is 4.77 Å². The molecular formula is C14H17N3OS. The van der Waals surface area contributed by atoms with Crippen molar-refractivity contribution in [1.29, 1.82) is 0 Å². The van der Waals surface area contributed by atoms with Gasteiger partial charge in [0.1, 0.15) is 0 Å². The van der Waals surface area contributed by atoms with Crippen molar-refractivity contribution in [3.05, 3.63) is 33.3 Å². The summed E-state index contributed by atoms with van der Waals surface area (Å²) in [5.41, 5.74) is 1.96. The van der Waals surface area contributed by atoms with Gasteiger partial charge in [-0.1, -0.05) is 0 Å². The van der Waals surface area contributed by atoms with Crippen LogP contribution in [-0.4, -0.2) is 22.6 Å². The minimum atomic E-state index is 0.00213. The van der Waals surface area contributed by atoms with Gasteiger partial charge < -0.3 is 9.88 Å². The summed E-state index contributed by atoms with van der Waals surface area (Å²) >= 11 is 5.20. The van der Waals surface area contributed by atoms with Crippen LogP contribution in [0.1, 0.15) is 19.8 Å². The zero-order valence-corrected chi connectivity index (χ0v) is 11.8. The molecule has 1 saturated heterocycles. The molecular weight excluding hydrogens is 258 g/mol. The van der Waals surface area contributed by atoms with E-state index in [2.05, 4.69) is 16.0 Å². The number of rotatable bonds is 2. The smallest absolute Gasteiger partial charge is 0.262 e. The Kier molecular flexibility index (Phi) is 3.14. The van der Waals surface area contributed by atoms with E-state index in [1.807, 2.05) is 19.1 Å². The van der Waals surface area contributed by atoms with Crippen LogP contribution in [-0.2, 0) is 6.54 Å². The zero-order chi connectivity index (χ0) is 13.4. The molecule has 2 heterocycles. The molecule has 0 saturated carbocycles. The summed E-state index contributed by atoms with van der Waals surface area (Å²) in [6, 6.07) is 6.01. The molecule has 1 aliphatic heterocycles. The Hall–Kier alpha value is -1.62. The summed E-state index contributed by atoms with van der Waals surface area (Å²) in [5.74, 6) is 0. The summed E-state index contributed by atoms with van der Waals surface area (Å²) in [6.07, 6.45) is 2.46. The highest BCUT2D eigenvalue weighted by molar-refractivity contribution is 7.71. The first-order valence-electron chi connectivity index (χ1n) is 6.72. The lowest BCUT2D eigenvalue weighted by atomic mass is 10.2. The van der Waals surface area contributed by atoms with Crippen LogP contribution >= 0.6 is 12.2 Å². The van der Waals surface area contributed by atoms with Gasteiger partial charge in [0.25, 0.3) is 5.56 Å². The van der Waals surface area contributed by atoms with E-state index in [1.54, 1.807) is 4.57 Å². The summed E-state index contributed by atoms with van der Waals surface area (Å²) in [6.45, 7) is 4.69. The van der Waals surface area contributed by atoms with Gasteiger partial charge in [-0.2, -0.15) is 0 Å². The highest BCUT2D eigenvalue weighted by Crippen LogP contribution is 2.22. The number of anilines is 1. The van der Waals surface area contributed by atoms with Crippen LogP contribution in [0.3, 0.4) is 0 Å². The van der Waals surface area contributed by atoms with Crippen LogP contribution in [0, 0.1) is 4.77 Å². The third kappa shape index (κ3) is 2.08. The summed E-state index contributed by atoms with van der Waals surface area (Å²) in [5, 5.41) is 0.722. The largest absolute Gasteiger partial charge is 0.372 e. The second-order valence-corrected chi connectivity index (χ2v) is 5.29. The summed E-state index contributed by atoms with van der Waals surface area (Å²) < 4.78 is 2.10. The number of aromatic nitrogens is 2. The van der Waals surface area contributed by atoms with Crippen molar-refractivity contribution in [1.82, 2.24) is 9.55 Å². The number of nitrogens with one attached hydrogen (secondary N) is 1. The quantitative estimate of drug-likeness (QED) is 0.857. The van der Waals surface area contributed by atoms with Crippen LogP contribution in [0.5, 0.6) is 0 Å². The molecule has 0 amide bonds. The number of H-pyrrole nitrogens is 1. The summed E-state index contributed by atoms with van der Waals surface area (Å²) in [7, 11) is 0. The van der Waals surface area contributed by atoms with Crippen LogP contribution < -0.4 is 10.5 Å². The third-order valence-electron chi connectivity index (χ3n) is 3.75. The molecule has 0 bridgehead atoms. The molecule has 3 rings (SSSR count). The molecule has 1 fully saturated rings. The normalized spacial score (nSPS) is 15.3. The molecule has 5 heteroatoms. The van der Waals surface area contributed by atoms with Crippen LogP contribution in [0.2, 0.25) is 0 Å². The number of hydrogen-bond donors (Lipinski definition) is 1. The number of aromatic amines is 1.